The highest BCUT2D eigenvalue weighted by Gasteiger charge is 2.80. The van der Waals surface area contributed by atoms with Gasteiger partial charge in [0.05, 0.1) is 24.1 Å². The molecule has 0 radical (unpaired) electrons. The van der Waals surface area contributed by atoms with Crippen molar-refractivity contribution in [2.24, 2.45) is 16.7 Å². The first-order valence-electron chi connectivity index (χ1n) is 8.45. The van der Waals surface area contributed by atoms with Crippen molar-refractivity contribution in [1.29, 1.82) is 21.2 Å². The molecular weight excluding hydrogens is 396 g/mol. The van der Waals surface area contributed by atoms with Gasteiger partial charge in [-0.2, -0.15) is 15.8 Å². The second-order valence-electron chi connectivity index (χ2n) is 7.04. The molecule has 3 aliphatic rings. The largest absolute Gasteiger partial charge is 0.447 e. The minimum atomic E-state index is -1.85. The van der Waals surface area contributed by atoms with Crippen molar-refractivity contribution in [2.75, 3.05) is 0 Å². The fourth-order valence-electron chi connectivity index (χ4n) is 4.80. The maximum Gasteiger partial charge on any atom is 0.217 e. The Bertz CT molecular complexity index is 895. The maximum atomic E-state index is 10.1. The van der Waals surface area contributed by atoms with E-state index in [1.807, 2.05) is 0 Å². The van der Waals surface area contributed by atoms with Crippen molar-refractivity contribution in [1.82, 2.24) is 0 Å². The zero-order chi connectivity index (χ0) is 18.6. The molecule has 0 spiro atoms. The van der Waals surface area contributed by atoms with Crippen LogP contribution in [-0.2, 0) is 9.47 Å². The highest BCUT2D eigenvalue weighted by molar-refractivity contribution is 9.10. The summed E-state index contributed by atoms with van der Waals surface area (Å²) < 4.78 is 13.0. The van der Waals surface area contributed by atoms with Crippen molar-refractivity contribution >= 4 is 21.8 Å². The summed E-state index contributed by atoms with van der Waals surface area (Å²) in [6.07, 6.45) is 1.87. The van der Waals surface area contributed by atoms with Gasteiger partial charge in [0, 0.05) is 10.9 Å². The van der Waals surface area contributed by atoms with Crippen LogP contribution in [0.3, 0.4) is 0 Å². The van der Waals surface area contributed by atoms with Crippen LogP contribution in [0.25, 0.3) is 0 Å². The molecule has 0 unspecified atom stereocenters. The summed E-state index contributed by atoms with van der Waals surface area (Å²) in [6.45, 7) is 0. The van der Waals surface area contributed by atoms with Crippen LogP contribution in [0.5, 0.6) is 0 Å². The predicted molar refractivity (Wildman–Crippen MR) is 93.2 cm³/mol. The molecule has 1 aliphatic carbocycles. The summed E-state index contributed by atoms with van der Waals surface area (Å²) in [7, 11) is 0. The lowest BCUT2D eigenvalue weighted by Gasteiger charge is -2.51. The minimum Gasteiger partial charge on any atom is -0.447 e. The van der Waals surface area contributed by atoms with Crippen molar-refractivity contribution < 1.29 is 9.47 Å². The molecule has 1 N–H and O–H groups in total. The van der Waals surface area contributed by atoms with Gasteiger partial charge in [-0.1, -0.05) is 34.5 Å². The molecule has 4 atom stereocenters. The maximum absolute atomic E-state index is 10.1. The van der Waals surface area contributed by atoms with Crippen molar-refractivity contribution in [3.8, 4) is 18.2 Å². The van der Waals surface area contributed by atoms with E-state index >= 15 is 0 Å². The zero-order valence-electron chi connectivity index (χ0n) is 13.8. The first-order valence-corrected chi connectivity index (χ1v) is 9.24. The van der Waals surface area contributed by atoms with E-state index in [2.05, 4.69) is 34.1 Å². The van der Waals surface area contributed by atoms with Gasteiger partial charge in [-0.25, -0.2) is 0 Å². The van der Waals surface area contributed by atoms with Crippen LogP contribution >= 0.6 is 15.9 Å². The topological polar surface area (TPSA) is 114 Å². The zero-order valence-corrected chi connectivity index (χ0v) is 15.4. The lowest BCUT2D eigenvalue weighted by atomic mass is 9.51. The van der Waals surface area contributed by atoms with Gasteiger partial charge in [-0.15, -0.1) is 0 Å². The number of halogens is 1. The van der Waals surface area contributed by atoms with Gasteiger partial charge in [0.15, 0.2) is 5.41 Å². The van der Waals surface area contributed by atoms with E-state index < -0.39 is 28.6 Å². The quantitative estimate of drug-likeness (QED) is 0.752. The van der Waals surface area contributed by atoms with Gasteiger partial charge in [0.2, 0.25) is 17.1 Å². The second-order valence-corrected chi connectivity index (χ2v) is 7.96. The number of nitrogens with zero attached hydrogens (tertiary/aromatic N) is 3. The lowest BCUT2D eigenvalue weighted by molar-refractivity contribution is -0.294. The summed E-state index contributed by atoms with van der Waals surface area (Å²) in [6, 6.07) is 13.5. The molecule has 26 heavy (non-hydrogen) atoms. The van der Waals surface area contributed by atoms with E-state index in [0.29, 0.717) is 18.4 Å². The first kappa shape index (κ1) is 17.0. The van der Waals surface area contributed by atoms with Gasteiger partial charge in [-0.05, 0) is 30.5 Å². The molecule has 2 saturated heterocycles. The number of rotatable bonds is 1. The summed E-state index contributed by atoms with van der Waals surface area (Å²) >= 11 is 3.37. The van der Waals surface area contributed by atoms with Crippen molar-refractivity contribution in [3.05, 3.63) is 34.3 Å². The van der Waals surface area contributed by atoms with Crippen LogP contribution in [0.2, 0.25) is 0 Å². The Kier molecular flexibility index (Phi) is 3.63. The Balaban J connectivity index is 1.99. The lowest BCUT2D eigenvalue weighted by Crippen LogP contribution is -2.60. The standard InChI is InChI=1S/C19H15BrN4O2/c20-13-6-4-12(5-7-13)15-17(9-21,10-22)18(11-23)14-3-1-2-8-19(14,25-15)26-16(18)24/h4-7,14-15,24H,1-3,8H2/t14-,15-,18-,19+/m0/s1. The first-order chi connectivity index (χ1) is 12.5. The summed E-state index contributed by atoms with van der Waals surface area (Å²) in [5, 5.41) is 38.7. The summed E-state index contributed by atoms with van der Waals surface area (Å²) in [5.74, 6) is -1.91. The van der Waals surface area contributed by atoms with E-state index in [1.165, 1.54) is 0 Å². The Morgan fingerprint density at radius 1 is 1.08 bits per heavy atom. The number of nitrogens with one attached hydrogen (secondary N) is 1. The van der Waals surface area contributed by atoms with E-state index in [-0.39, 0.29) is 5.90 Å². The Hall–Kier alpha value is -2.40. The normalized spacial score (nSPS) is 36.8. The summed E-state index contributed by atoms with van der Waals surface area (Å²) in [4.78, 5) is 0. The molecule has 1 saturated carbocycles. The van der Waals surface area contributed by atoms with E-state index in [4.69, 9.17) is 14.9 Å². The van der Waals surface area contributed by atoms with Gasteiger partial charge < -0.3 is 9.47 Å². The highest BCUT2D eigenvalue weighted by Crippen LogP contribution is 2.69. The molecule has 2 heterocycles. The van der Waals surface area contributed by atoms with Crippen LogP contribution in [0.15, 0.2) is 28.7 Å². The molecule has 2 bridgehead atoms. The SMILES string of the molecule is N#CC1(C#N)[C@H](c2ccc(Br)cc2)O[C@@]23CCCC[C@H]2[C@@]1(C#N)C(=N)O3. The molecule has 0 aromatic heterocycles. The molecule has 130 valence electrons. The third-order valence-electron chi connectivity index (χ3n) is 5.99. The fourth-order valence-corrected chi connectivity index (χ4v) is 5.06. The molecule has 1 aromatic rings. The van der Waals surface area contributed by atoms with Crippen LogP contribution in [0.4, 0.5) is 0 Å². The van der Waals surface area contributed by atoms with Crippen molar-refractivity contribution in [2.45, 2.75) is 37.6 Å². The fraction of sp³-hybridized carbons (Fsp3) is 0.474. The van der Waals surface area contributed by atoms with E-state index in [9.17, 15) is 15.8 Å². The molecule has 4 rings (SSSR count). The molecule has 1 aromatic carbocycles. The van der Waals surface area contributed by atoms with Crippen LogP contribution in [0, 0.1) is 56.2 Å². The Morgan fingerprint density at radius 2 is 1.77 bits per heavy atom. The molecule has 0 amide bonds. The molecule has 3 fully saturated rings. The van der Waals surface area contributed by atoms with Crippen molar-refractivity contribution in [3.63, 3.8) is 0 Å². The van der Waals surface area contributed by atoms with Crippen LogP contribution in [0.1, 0.15) is 37.4 Å². The molecule has 6 nitrogen and oxygen atoms in total. The van der Waals surface area contributed by atoms with Gasteiger partial charge >= 0.3 is 0 Å². The molecule has 7 heteroatoms. The average molecular weight is 411 g/mol. The third kappa shape index (κ3) is 1.79. The Labute approximate surface area is 159 Å². The minimum absolute atomic E-state index is 0.311. The Morgan fingerprint density at radius 3 is 2.38 bits per heavy atom. The van der Waals surface area contributed by atoms with Crippen LogP contribution in [-0.4, -0.2) is 11.7 Å². The molecule has 2 aliphatic heterocycles. The van der Waals surface area contributed by atoms with Crippen LogP contribution < -0.4 is 0 Å². The van der Waals surface area contributed by atoms with E-state index in [0.717, 1.165) is 17.3 Å². The van der Waals surface area contributed by atoms with E-state index in [1.54, 1.807) is 24.3 Å². The monoisotopic (exact) mass is 410 g/mol. The highest BCUT2D eigenvalue weighted by atomic mass is 79.9. The summed E-state index contributed by atoms with van der Waals surface area (Å²) in [5.41, 5.74) is -2.86. The number of hydrogen-bond donors (Lipinski definition) is 1. The predicted octanol–water partition coefficient (Wildman–Crippen LogP) is 3.96. The smallest absolute Gasteiger partial charge is 0.217 e. The van der Waals surface area contributed by atoms with Gasteiger partial charge in [0.25, 0.3) is 0 Å². The number of nitriles is 3. The second kappa shape index (κ2) is 5.55. The third-order valence-corrected chi connectivity index (χ3v) is 6.52. The van der Waals surface area contributed by atoms with Gasteiger partial charge in [0.1, 0.15) is 6.10 Å². The number of ether oxygens (including phenoxy) is 2. The van der Waals surface area contributed by atoms with Gasteiger partial charge in [-0.3, -0.25) is 5.41 Å². The molecular formula is C19H15BrN4O2. The number of benzene rings is 1. The number of hydrogen-bond acceptors (Lipinski definition) is 6. The average Bonchev–Trinajstić information content (AvgIpc) is 2.87.